The van der Waals surface area contributed by atoms with Crippen LogP contribution in [0.1, 0.15) is 5.56 Å². The van der Waals surface area contributed by atoms with Crippen molar-refractivity contribution in [1.82, 2.24) is 0 Å². The second kappa shape index (κ2) is 6.49. The van der Waals surface area contributed by atoms with Crippen molar-refractivity contribution in [2.45, 2.75) is 21.6 Å². The molecule has 76 valence electrons. The van der Waals surface area contributed by atoms with E-state index < -0.39 is 0 Å². The smallest absolute Gasteiger partial charge is 0.142 e. The van der Waals surface area contributed by atoms with Crippen LogP contribution >= 0.6 is 24.4 Å². The van der Waals surface area contributed by atoms with Crippen LogP contribution in [0.25, 0.3) is 0 Å². The van der Waals surface area contributed by atoms with Crippen LogP contribution in [0.3, 0.4) is 0 Å². The van der Waals surface area contributed by atoms with E-state index in [0.717, 1.165) is 4.90 Å². The van der Waals surface area contributed by atoms with Gasteiger partial charge < -0.3 is 0 Å². The van der Waals surface area contributed by atoms with Gasteiger partial charge in [0.05, 0.1) is 0 Å². The van der Waals surface area contributed by atoms with Gasteiger partial charge in [0.1, 0.15) is 0 Å². The first-order valence-electron chi connectivity index (χ1n) is 4.78. The van der Waals surface area contributed by atoms with Crippen molar-refractivity contribution in [2.75, 3.05) is 0 Å². The normalized spacial score (nSPS) is 9.62. The molecular formula is C13H12S2Zn+2. The van der Waals surface area contributed by atoms with E-state index in [1.54, 1.807) is 11.8 Å². The molecule has 0 saturated heterocycles. The van der Waals surface area contributed by atoms with Gasteiger partial charge in [-0.2, -0.15) is 0 Å². The van der Waals surface area contributed by atoms with E-state index in [0.29, 0.717) is 0 Å². The Hall–Kier alpha value is -0.237. The summed E-state index contributed by atoms with van der Waals surface area (Å²) in [7, 11) is 0. The van der Waals surface area contributed by atoms with Crippen LogP contribution in [0.4, 0.5) is 0 Å². The SMILES string of the molecule is Cc1ccc(S)c(Sc2ccccc2)c1.[Zn+2]. The van der Waals surface area contributed by atoms with Gasteiger partial charge in [-0.05, 0) is 36.8 Å². The van der Waals surface area contributed by atoms with Crippen molar-refractivity contribution in [2.24, 2.45) is 0 Å². The van der Waals surface area contributed by atoms with E-state index in [1.165, 1.54) is 15.4 Å². The molecule has 3 heteroatoms. The summed E-state index contributed by atoms with van der Waals surface area (Å²) in [6, 6.07) is 16.6. The zero-order valence-corrected chi connectivity index (χ0v) is 13.9. The summed E-state index contributed by atoms with van der Waals surface area (Å²) >= 11 is 6.21. The van der Waals surface area contributed by atoms with Gasteiger partial charge in [0.15, 0.2) is 0 Å². The number of aryl methyl sites for hydroxylation is 1. The maximum absolute atomic E-state index is 4.45. The Morgan fingerprint density at radius 2 is 1.69 bits per heavy atom. The zero-order chi connectivity index (χ0) is 10.7. The first-order valence-corrected chi connectivity index (χ1v) is 6.04. The molecule has 0 aliphatic carbocycles. The van der Waals surface area contributed by atoms with E-state index in [-0.39, 0.29) is 19.5 Å². The Kier molecular flexibility index (Phi) is 5.61. The van der Waals surface area contributed by atoms with Crippen LogP contribution in [0.2, 0.25) is 0 Å². The molecule has 0 unspecified atom stereocenters. The number of hydrogen-bond donors (Lipinski definition) is 1. The molecule has 2 aromatic carbocycles. The molecule has 0 aliphatic rings. The molecule has 0 spiro atoms. The molecule has 0 aromatic heterocycles. The first-order chi connectivity index (χ1) is 7.25. The maximum Gasteiger partial charge on any atom is 2.00 e. The number of benzene rings is 2. The fourth-order valence-corrected chi connectivity index (χ4v) is 2.56. The van der Waals surface area contributed by atoms with Gasteiger partial charge in [0.2, 0.25) is 0 Å². The van der Waals surface area contributed by atoms with Crippen molar-refractivity contribution in [3.8, 4) is 0 Å². The second-order valence-electron chi connectivity index (χ2n) is 3.39. The van der Waals surface area contributed by atoms with Crippen LogP contribution in [0, 0.1) is 6.92 Å². The summed E-state index contributed by atoms with van der Waals surface area (Å²) < 4.78 is 0. The van der Waals surface area contributed by atoms with Gasteiger partial charge in [-0.3, -0.25) is 0 Å². The monoisotopic (exact) mass is 296 g/mol. The summed E-state index contributed by atoms with van der Waals surface area (Å²) in [5.74, 6) is 0. The van der Waals surface area contributed by atoms with Crippen LogP contribution in [0.5, 0.6) is 0 Å². The quantitative estimate of drug-likeness (QED) is 0.632. The van der Waals surface area contributed by atoms with Crippen LogP contribution in [-0.4, -0.2) is 0 Å². The second-order valence-corrected chi connectivity index (χ2v) is 4.98. The average molecular weight is 298 g/mol. The summed E-state index contributed by atoms with van der Waals surface area (Å²) in [4.78, 5) is 3.50. The Morgan fingerprint density at radius 3 is 2.38 bits per heavy atom. The van der Waals surface area contributed by atoms with E-state index in [1.807, 2.05) is 12.1 Å². The molecule has 2 aromatic rings. The molecule has 0 atom stereocenters. The van der Waals surface area contributed by atoms with Gasteiger partial charge in [-0.25, -0.2) is 0 Å². The molecule has 0 bridgehead atoms. The molecule has 0 nitrogen and oxygen atoms in total. The zero-order valence-electron chi connectivity index (χ0n) is 9.18. The summed E-state index contributed by atoms with van der Waals surface area (Å²) in [5, 5.41) is 0. The molecular weight excluding hydrogens is 286 g/mol. The molecule has 16 heavy (non-hydrogen) atoms. The van der Waals surface area contributed by atoms with Gasteiger partial charge in [0, 0.05) is 14.7 Å². The maximum atomic E-state index is 4.45. The third kappa shape index (κ3) is 3.66. The van der Waals surface area contributed by atoms with Crippen molar-refractivity contribution in [3.63, 3.8) is 0 Å². The summed E-state index contributed by atoms with van der Waals surface area (Å²) in [6.45, 7) is 2.10. The molecule has 0 amide bonds. The fourth-order valence-electron chi connectivity index (χ4n) is 1.32. The summed E-state index contributed by atoms with van der Waals surface area (Å²) in [5.41, 5.74) is 1.27. The fraction of sp³-hybridized carbons (Fsp3) is 0.0769. The van der Waals surface area contributed by atoms with Gasteiger partial charge in [-0.15, -0.1) is 12.6 Å². The molecule has 2 rings (SSSR count). The van der Waals surface area contributed by atoms with Crippen LogP contribution in [-0.2, 0) is 19.5 Å². The minimum absolute atomic E-state index is 0. The van der Waals surface area contributed by atoms with Gasteiger partial charge >= 0.3 is 19.5 Å². The molecule has 0 radical (unpaired) electrons. The predicted molar refractivity (Wildman–Crippen MR) is 69.0 cm³/mol. The van der Waals surface area contributed by atoms with Gasteiger partial charge in [0.25, 0.3) is 0 Å². The van der Waals surface area contributed by atoms with Crippen molar-refractivity contribution in [1.29, 1.82) is 0 Å². The Balaban J connectivity index is 0.00000128. The van der Waals surface area contributed by atoms with Crippen LogP contribution < -0.4 is 0 Å². The Morgan fingerprint density at radius 1 is 1.00 bits per heavy atom. The molecule has 0 N–H and O–H groups in total. The number of rotatable bonds is 2. The molecule has 0 fully saturated rings. The van der Waals surface area contributed by atoms with Crippen molar-refractivity contribution >= 4 is 24.4 Å². The Bertz CT molecular complexity index is 455. The predicted octanol–water partition coefficient (Wildman–Crippen LogP) is 4.43. The third-order valence-corrected chi connectivity index (χ3v) is 3.69. The first kappa shape index (κ1) is 13.8. The largest absolute Gasteiger partial charge is 2.00 e. The molecule has 0 aliphatic heterocycles. The minimum atomic E-state index is 0. The molecule has 0 saturated carbocycles. The van der Waals surface area contributed by atoms with E-state index in [2.05, 4.69) is 56.0 Å². The van der Waals surface area contributed by atoms with E-state index in [4.69, 9.17) is 0 Å². The molecule has 0 heterocycles. The van der Waals surface area contributed by atoms with E-state index in [9.17, 15) is 0 Å². The van der Waals surface area contributed by atoms with Crippen molar-refractivity contribution < 1.29 is 19.5 Å². The Labute approximate surface area is 119 Å². The standard InChI is InChI=1S/C13H12S2.Zn/c1-10-7-8-12(14)13(9-10)15-11-5-3-2-4-6-11;/h2-9,14H,1H3;/q;+2. The third-order valence-electron chi connectivity index (χ3n) is 2.09. The number of thiol groups is 1. The average Bonchev–Trinajstić information content (AvgIpc) is 2.25. The van der Waals surface area contributed by atoms with E-state index >= 15 is 0 Å². The summed E-state index contributed by atoms with van der Waals surface area (Å²) in [6.07, 6.45) is 0. The van der Waals surface area contributed by atoms with Gasteiger partial charge in [-0.1, -0.05) is 36.0 Å². The minimum Gasteiger partial charge on any atom is -0.142 e. The number of hydrogen-bond acceptors (Lipinski definition) is 2. The van der Waals surface area contributed by atoms with Crippen molar-refractivity contribution in [3.05, 3.63) is 54.1 Å². The van der Waals surface area contributed by atoms with Crippen LogP contribution in [0.15, 0.2) is 63.2 Å². The topological polar surface area (TPSA) is 0 Å².